The lowest BCUT2D eigenvalue weighted by atomic mass is 9.86. The molecule has 1 aliphatic rings. The summed E-state index contributed by atoms with van der Waals surface area (Å²) in [5, 5.41) is 4.47. The fourth-order valence-electron chi connectivity index (χ4n) is 4.99. The van der Waals surface area contributed by atoms with Crippen LogP contribution in [-0.4, -0.2) is 32.1 Å². The number of anilines is 1. The van der Waals surface area contributed by atoms with Crippen LogP contribution in [0.1, 0.15) is 38.3 Å². The zero-order valence-electron chi connectivity index (χ0n) is 20.7. The van der Waals surface area contributed by atoms with Crippen molar-refractivity contribution in [1.29, 1.82) is 0 Å². The Labute approximate surface area is 215 Å². The predicted molar refractivity (Wildman–Crippen MR) is 146 cm³/mol. The highest BCUT2D eigenvalue weighted by Crippen LogP contribution is 2.32. The van der Waals surface area contributed by atoms with Crippen molar-refractivity contribution in [2.24, 2.45) is 11.7 Å². The molecule has 0 spiro atoms. The molecular weight excluding hydrogens is 472 g/mol. The number of nitrogens with two attached hydrogens (primary N) is 1. The van der Waals surface area contributed by atoms with Crippen LogP contribution in [-0.2, 0) is 6.54 Å². The lowest BCUT2D eigenvalue weighted by Crippen LogP contribution is -2.31. The first-order valence-electron chi connectivity index (χ1n) is 12.6. The Hall–Kier alpha value is -3.29. The number of pyridine rings is 2. The molecule has 0 bridgehead atoms. The Morgan fingerprint density at radius 3 is 2.61 bits per heavy atom. The molecule has 0 radical (unpaired) electrons. The molecule has 1 fully saturated rings. The normalized spacial score (nSPS) is 17.9. The quantitative estimate of drug-likeness (QED) is 0.364. The molecule has 36 heavy (non-hydrogen) atoms. The van der Waals surface area contributed by atoms with Crippen molar-refractivity contribution in [2.45, 2.75) is 52.1 Å². The van der Waals surface area contributed by atoms with E-state index >= 15 is 0 Å². The Bertz CT molecular complexity index is 1460. The van der Waals surface area contributed by atoms with E-state index in [1.807, 2.05) is 56.3 Å². The first kappa shape index (κ1) is 24.4. The summed E-state index contributed by atoms with van der Waals surface area (Å²) in [6.07, 6.45) is 5.74. The van der Waals surface area contributed by atoms with E-state index in [9.17, 15) is 4.79 Å². The molecule has 3 N–H and O–H groups in total. The van der Waals surface area contributed by atoms with Crippen molar-refractivity contribution >= 4 is 28.6 Å². The summed E-state index contributed by atoms with van der Waals surface area (Å²) in [4.78, 5) is 27.7. The van der Waals surface area contributed by atoms with Gasteiger partial charge in [0, 0.05) is 58.1 Å². The smallest absolute Gasteiger partial charge is 0.260 e. The Kier molecular flexibility index (Phi) is 7.03. The van der Waals surface area contributed by atoms with Gasteiger partial charge in [0.25, 0.3) is 5.56 Å². The van der Waals surface area contributed by atoms with Crippen LogP contribution < -0.4 is 16.6 Å². The van der Waals surface area contributed by atoms with E-state index in [4.69, 9.17) is 22.3 Å². The number of nitrogens with zero attached hydrogens (tertiary/aromatic N) is 4. The Balaban J connectivity index is 1.61. The number of aryl methyl sites for hydroxylation is 1. The minimum atomic E-state index is -0.0955. The summed E-state index contributed by atoms with van der Waals surface area (Å²) in [5.41, 5.74) is 10.6. The molecule has 3 heterocycles. The van der Waals surface area contributed by atoms with Crippen molar-refractivity contribution in [3.05, 3.63) is 69.7 Å². The van der Waals surface area contributed by atoms with E-state index in [1.165, 1.54) is 0 Å². The summed E-state index contributed by atoms with van der Waals surface area (Å²) < 4.78 is 1.81. The van der Waals surface area contributed by atoms with Crippen LogP contribution in [0.15, 0.2) is 53.5 Å². The van der Waals surface area contributed by atoms with Crippen LogP contribution in [0, 0.1) is 12.8 Å². The maximum Gasteiger partial charge on any atom is 0.260 e. The summed E-state index contributed by atoms with van der Waals surface area (Å²) in [6, 6.07) is 13.7. The third-order valence-electron chi connectivity index (χ3n) is 6.94. The number of aromatic nitrogens is 4. The van der Waals surface area contributed by atoms with E-state index < -0.39 is 0 Å². The number of benzene rings is 1. The van der Waals surface area contributed by atoms with E-state index in [0.29, 0.717) is 46.8 Å². The molecule has 1 aliphatic carbocycles. The van der Waals surface area contributed by atoms with E-state index in [0.717, 1.165) is 48.0 Å². The molecule has 0 unspecified atom stereocenters. The van der Waals surface area contributed by atoms with Gasteiger partial charge in [0.2, 0.25) is 5.95 Å². The molecule has 8 heteroatoms. The second kappa shape index (κ2) is 10.4. The van der Waals surface area contributed by atoms with Gasteiger partial charge in [0.1, 0.15) is 5.65 Å². The summed E-state index contributed by atoms with van der Waals surface area (Å²) in [5.74, 6) is 0.897. The van der Waals surface area contributed by atoms with Gasteiger partial charge >= 0.3 is 0 Å². The third kappa shape index (κ3) is 4.99. The van der Waals surface area contributed by atoms with Crippen molar-refractivity contribution < 1.29 is 0 Å². The third-order valence-corrected chi connectivity index (χ3v) is 7.25. The molecule has 186 valence electrons. The van der Waals surface area contributed by atoms with Gasteiger partial charge in [-0.15, -0.1) is 0 Å². The highest BCUT2D eigenvalue weighted by molar-refractivity contribution is 6.33. The zero-order chi connectivity index (χ0) is 25.2. The molecule has 5 rings (SSSR count). The summed E-state index contributed by atoms with van der Waals surface area (Å²) in [6.45, 7) is 5.25. The lowest BCUT2D eigenvalue weighted by Gasteiger charge is -2.27. The van der Waals surface area contributed by atoms with E-state index in [2.05, 4.69) is 15.3 Å². The lowest BCUT2D eigenvalue weighted by molar-refractivity contribution is 0.295. The highest BCUT2D eigenvalue weighted by atomic mass is 35.5. The average Bonchev–Trinajstić information content (AvgIpc) is 2.87. The van der Waals surface area contributed by atoms with Crippen molar-refractivity contribution in [3.8, 4) is 22.4 Å². The van der Waals surface area contributed by atoms with Gasteiger partial charge < -0.3 is 11.1 Å². The Morgan fingerprint density at radius 1 is 1.08 bits per heavy atom. The standard InChI is InChI=1S/C28H31ClN6O/c1-3-31-28-32-15-20-13-23(22-12-9-19(14-24(22)29)25-6-4-5-17(2)33-25)27(36)35(26(20)34-28)16-18-7-10-21(30)11-8-18/h4-6,9,12-15,18,21H,3,7-8,10-11,16,30H2,1-2H3,(H,31,32,34). The van der Waals surface area contributed by atoms with Crippen LogP contribution >= 0.6 is 11.6 Å². The largest absolute Gasteiger partial charge is 0.354 e. The maximum atomic E-state index is 13.9. The molecular formula is C28H31ClN6O. The number of nitrogens with one attached hydrogen (secondary N) is 1. The molecule has 0 saturated heterocycles. The van der Waals surface area contributed by atoms with Gasteiger partial charge in [0.15, 0.2) is 0 Å². The molecule has 7 nitrogen and oxygen atoms in total. The van der Waals surface area contributed by atoms with Crippen molar-refractivity contribution in [2.75, 3.05) is 11.9 Å². The van der Waals surface area contributed by atoms with Gasteiger partial charge in [-0.1, -0.05) is 29.8 Å². The van der Waals surface area contributed by atoms with Crippen LogP contribution in [0.3, 0.4) is 0 Å². The summed E-state index contributed by atoms with van der Waals surface area (Å²) >= 11 is 6.77. The van der Waals surface area contributed by atoms with E-state index in [-0.39, 0.29) is 11.6 Å². The second-order valence-corrected chi connectivity index (χ2v) is 10.0. The number of fused-ring (bicyclic) bond motifs is 1. The van der Waals surface area contributed by atoms with Crippen LogP contribution in [0.25, 0.3) is 33.4 Å². The number of hydrogen-bond acceptors (Lipinski definition) is 6. The number of halogens is 1. The molecule has 1 saturated carbocycles. The van der Waals surface area contributed by atoms with Gasteiger partial charge in [-0.3, -0.25) is 14.3 Å². The summed E-state index contributed by atoms with van der Waals surface area (Å²) in [7, 11) is 0. The molecule has 0 amide bonds. The number of hydrogen-bond donors (Lipinski definition) is 2. The van der Waals surface area contributed by atoms with Gasteiger partial charge in [0.05, 0.1) is 5.69 Å². The Morgan fingerprint density at radius 2 is 1.89 bits per heavy atom. The van der Waals surface area contributed by atoms with Crippen LogP contribution in [0.5, 0.6) is 0 Å². The fraction of sp³-hybridized carbons (Fsp3) is 0.357. The van der Waals surface area contributed by atoms with Gasteiger partial charge in [-0.05, 0) is 69.7 Å². The molecule has 0 atom stereocenters. The monoisotopic (exact) mass is 502 g/mol. The van der Waals surface area contributed by atoms with Crippen molar-refractivity contribution in [3.63, 3.8) is 0 Å². The van der Waals surface area contributed by atoms with Crippen molar-refractivity contribution in [1.82, 2.24) is 19.5 Å². The molecule has 0 aliphatic heterocycles. The molecule has 4 aromatic rings. The molecule has 3 aromatic heterocycles. The minimum Gasteiger partial charge on any atom is -0.354 e. The second-order valence-electron chi connectivity index (χ2n) is 9.62. The van der Waals surface area contributed by atoms with Crippen LogP contribution in [0.4, 0.5) is 5.95 Å². The van der Waals surface area contributed by atoms with Gasteiger partial charge in [-0.2, -0.15) is 4.98 Å². The molecule has 1 aromatic carbocycles. The zero-order valence-corrected chi connectivity index (χ0v) is 21.4. The fourth-order valence-corrected chi connectivity index (χ4v) is 5.27. The highest BCUT2D eigenvalue weighted by Gasteiger charge is 2.22. The SMILES string of the molecule is CCNc1ncc2cc(-c3ccc(-c4cccc(C)n4)cc3Cl)c(=O)n(CC3CCC(N)CC3)c2n1. The van der Waals surface area contributed by atoms with E-state index in [1.54, 1.807) is 10.8 Å². The van der Waals surface area contributed by atoms with Crippen LogP contribution in [0.2, 0.25) is 5.02 Å². The average molecular weight is 503 g/mol. The predicted octanol–water partition coefficient (Wildman–Crippen LogP) is 5.43. The first-order valence-corrected chi connectivity index (χ1v) is 12.9. The first-order chi connectivity index (χ1) is 17.4. The van der Waals surface area contributed by atoms with Gasteiger partial charge in [-0.25, -0.2) is 4.98 Å². The number of rotatable bonds is 6. The maximum absolute atomic E-state index is 13.9. The topological polar surface area (TPSA) is 98.7 Å². The minimum absolute atomic E-state index is 0.0955.